The molecule has 1 aromatic rings. The van der Waals surface area contributed by atoms with Gasteiger partial charge in [-0.25, -0.2) is 8.42 Å². The second kappa shape index (κ2) is 9.06. The molecule has 1 aromatic carbocycles. The topological polar surface area (TPSA) is 75.7 Å². The van der Waals surface area contributed by atoms with Crippen LogP contribution in [-0.4, -0.2) is 44.9 Å². The predicted octanol–water partition coefficient (Wildman–Crippen LogP) is 3.05. The highest BCUT2D eigenvalue weighted by atomic mass is 35.5. The second-order valence-corrected chi connectivity index (χ2v) is 9.04. The minimum Gasteiger partial charge on any atom is -0.495 e. The van der Waals surface area contributed by atoms with Crippen LogP contribution in [0.1, 0.15) is 39.5 Å². The molecule has 0 spiro atoms. The molecule has 0 aromatic heterocycles. The lowest BCUT2D eigenvalue weighted by atomic mass is 9.98. The molecule has 8 heteroatoms. The minimum atomic E-state index is -3.79. The number of carbonyl (C=O) groups excluding carboxylic acids is 1. The number of sulfonamides is 1. The number of nitrogens with one attached hydrogen (secondary N) is 1. The van der Waals surface area contributed by atoms with Crippen LogP contribution in [0, 0.1) is 5.92 Å². The Balaban J connectivity index is 2.18. The van der Waals surface area contributed by atoms with E-state index in [0.29, 0.717) is 24.4 Å². The summed E-state index contributed by atoms with van der Waals surface area (Å²) in [6.45, 7) is 4.58. The van der Waals surface area contributed by atoms with Gasteiger partial charge in [0.25, 0.3) is 0 Å². The normalized spacial score (nSPS) is 19.8. The van der Waals surface area contributed by atoms with Crippen molar-refractivity contribution in [3.63, 3.8) is 0 Å². The smallest absolute Gasteiger partial charge is 0.246 e. The van der Waals surface area contributed by atoms with Gasteiger partial charge in [-0.05, 0) is 44.4 Å². The average Bonchev–Trinajstić information content (AvgIpc) is 2.62. The zero-order chi connectivity index (χ0) is 19.3. The molecule has 1 saturated heterocycles. The third kappa shape index (κ3) is 4.90. The fraction of sp³-hybridized carbons (Fsp3) is 0.611. The molecule has 1 N–H and O–H groups in total. The number of methoxy groups -OCH3 is 1. The molecule has 1 amide bonds. The Labute approximate surface area is 160 Å². The van der Waals surface area contributed by atoms with Gasteiger partial charge in [0.2, 0.25) is 15.9 Å². The lowest BCUT2D eigenvalue weighted by Crippen LogP contribution is -2.47. The molecule has 2 rings (SSSR count). The van der Waals surface area contributed by atoms with Crippen LogP contribution >= 0.6 is 11.6 Å². The first-order chi connectivity index (χ1) is 12.3. The van der Waals surface area contributed by atoms with Gasteiger partial charge in [-0.15, -0.1) is 0 Å². The summed E-state index contributed by atoms with van der Waals surface area (Å²) in [5.74, 6) is -0.176. The van der Waals surface area contributed by atoms with Crippen LogP contribution in [0.3, 0.4) is 0 Å². The van der Waals surface area contributed by atoms with Crippen molar-refractivity contribution in [2.45, 2.75) is 50.5 Å². The molecule has 6 nitrogen and oxygen atoms in total. The number of piperidine rings is 1. The lowest BCUT2D eigenvalue weighted by Gasteiger charge is -2.32. The van der Waals surface area contributed by atoms with E-state index in [9.17, 15) is 13.2 Å². The fourth-order valence-corrected chi connectivity index (χ4v) is 5.17. The molecule has 146 valence electrons. The van der Waals surface area contributed by atoms with E-state index >= 15 is 0 Å². The van der Waals surface area contributed by atoms with E-state index in [2.05, 4.69) is 12.2 Å². The summed E-state index contributed by atoms with van der Waals surface area (Å²) in [6, 6.07) is 4.60. The van der Waals surface area contributed by atoms with Crippen molar-refractivity contribution in [2.24, 2.45) is 5.92 Å². The number of hydrogen-bond donors (Lipinski definition) is 1. The second-order valence-electron chi connectivity index (χ2n) is 6.70. The van der Waals surface area contributed by atoms with Crippen molar-refractivity contribution in [2.75, 3.05) is 20.2 Å². The number of nitrogens with zero attached hydrogens (tertiary/aromatic N) is 1. The minimum absolute atomic E-state index is 0.0351. The Morgan fingerprint density at radius 1 is 1.46 bits per heavy atom. The van der Waals surface area contributed by atoms with E-state index in [1.165, 1.54) is 23.5 Å². The standard InChI is InChI=1S/C18H27ClN2O4S/c1-4-6-13(2)20-18(22)14-7-5-10-21(12-14)26(23,24)17-11-15(19)8-9-16(17)25-3/h8-9,11,13-14H,4-7,10,12H2,1-3H3,(H,20,22)/t13-,14-/m1/s1. The van der Waals surface area contributed by atoms with Crippen LogP contribution in [0.4, 0.5) is 0 Å². The predicted molar refractivity (Wildman–Crippen MR) is 102 cm³/mol. The maximum atomic E-state index is 13.1. The first-order valence-corrected chi connectivity index (χ1v) is 10.8. The molecule has 0 unspecified atom stereocenters. The first-order valence-electron chi connectivity index (χ1n) is 8.93. The van der Waals surface area contributed by atoms with Crippen molar-refractivity contribution >= 4 is 27.5 Å². The Hall–Kier alpha value is -1.31. The third-order valence-electron chi connectivity index (χ3n) is 4.61. The number of halogens is 1. The van der Waals surface area contributed by atoms with Gasteiger partial charge in [0.15, 0.2) is 0 Å². The maximum Gasteiger partial charge on any atom is 0.246 e. The molecule has 1 heterocycles. The number of hydrogen-bond acceptors (Lipinski definition) is 4. The van der Waals surface area contributed by atoms with Gasteiger partial charge in [0.1, 0.15) is 10.6 Å². The van der Waals surface area contributed by atoms with Crippen LogP contribution < -0.4 is 10.1 Å². The first kappa shape index (κ1) is 21.0. The molecule has 1 aliphatic rings. The van der Waals surface area contributed by atoms with Crippen molar-refractivity contribution in [1.82, 2.24) is 9.62 Å². The van der Waals surface area contributed by atoms with Crippen molar-refractivity contribution in [3.05, 3.63) is 23.2 Å². The zero-order valence-corrected chi connectivity index (χ0v) is 17.1. The van der Waals surface area contributed by atoms with E-state index < -0.39 is 10.0 Å². The summed E-state index contributed by atoms with van der Waals surface area (Å²) in [4.78, 5) is 12.5. The Morgan fingerprint density at radius 2 is 2.19 bits per heavy atom. The molecular formula is C18H27ClN2O4S. The fourth-order valence-electron chi connectivity index (χ4n) is 3.23. The van der Waals surface area contributed by atoms with E-state index in [1.807, 2.05) is 6.92 Å². The van der Waals surface area contributed by atoms with Crippen molar-refractivity contribution in [3.8, 4) is 5.75 Å². The van der Waals surface area contributed by atoms with E-state index in [4.69, 9.17) is 16.3 Å². The molecular weight excluding hydrogens is 376 g/mol. The molecule has 1 fully saturated rings. The third-order valence-corrected chi connectivity index (χ3v) is 6.73. The number of rotatable bonds is 7. The Kier molecular flexibility index (Phi) is 7.32. The summed E-state index contributed by atoms with van der Waals surface area (Å²) < 4.78 is 32.7. The summed E-state index contributed by atoms with van der Waals surface area (Å²) in [5, 5.41) is 3.31. The van der Waals surface area contributed by atoms with Gasteiger partial charge in [0, 0.05) is 24.2 Å². The number of ether oxygens (including phenoxy) is 1. The van der Waals surface area contributed by atoms with Gasteiger partial charge in [-0.3, -0.25) is 4.79 Å². The van der Waals surface area contributed by atoms with Crippen LogP contribution in [-0.2, 0) is 14.8 Å². The molecule has 0 saturated carbocycles. The van der Waals surface area contributed by atoms with E-state index in [-0.39, 0.29) is 35.1 Å². The lowest BCUT2D eigenvalue weighted by molar-refractivity contribution is -0.126. The van der Waals surface area contributed by atoms with Gasteiger partial charge in [-0.2, -0.15) is 4.31 Å². The van der Waals surface area contributed by atoms with Crippen LogP contribution in [0.2, 0.25) is 5.02 Å². The van der Waals surface area contributed by atoms with Gasteiger partial charge in [-0.1, -0.05) is 24.9 Å². The largest absolute Gasteiger partial charge is 0.495 e. The number of amides is 1. The Morgan fingerprint density at radius 3 is 2.85 bits per heavy atom. The molecule has 26 heavy (non-hydrogen) atoms. The quantitative estimate of drug-likeness (QED) is 0.760. The van der Waals surface area contributed by atoms with Crippen LogP contribution in [0.5, 0.6) is 5.75 Å². The summed E-state index contributed by atoms with van der Waals surface area (Å²) in [5.41, 5.74) is 0. The van der Waals surface area contributed by atoms with E-state index in [0.717, 1.165) is 12.8 Å². The molecule has 2 atom stereocenters. The number of carbonyl (C=O) groups is 1. The summed E-state index contributed by atoms with van der Waals surface area (Å²) in [7, 11) is -2.37. The van der Waals surface area contributed by atoms with Gasteiger partial charge < -0.3 is 10.1 Å². The van der Waals surface area contributed by atoms with Crippen LogP contribution in [0.15, 0.2) is 23.1 Å². The average molecular weight is 403 g/mol. The molecule has 0 radical (unpaired) electrons. The monoisotopic (exact) mass is 402 g/mol. The zero-order valence-electron chi connectivity index (χ0n) is 15.5. The van der Waals surface area contributed by atoms with Gasteiger partial charge in [0.05, 0.1) is 13.0 Å². The Bertz CT molecular complexity index is 739. The summed E-state index contributed by atoms with van der Waals surface area (Å²) >= 11 is 5.98. The van der Waals surface area contributed by atoms with Gasteiger partial charge >= 0.3 is 0 Å². The van der Waals surface area contributed by atoms with Crippen molar-refractivity contribution < 1.29 is 17.9 Å². The molecule has 0 aliphatic carbocycles. The van der Waals surface area contributed by atoms with Crippen molar-refractivity contribution in [1.29, 1.82) is 0 Å². The highest BCUT2D eigenvalue weighted by Gasteiger charge is 2.35. The molecule has 1 aliphatic heterocycles. The maximum absolute atomic E-state index is 13.1. The number of benzene rings is 1. The highest BCUT2D eigenvalue weighted by Crippen LogP contribution is 2.32. The van der Waals surface area contributed by atoms with Crippen LogP contribution in [0.25, 0.3) is 0 Å². The molecule has 0 bridgehead atoms. The summed E-state index contributed by atoms with van der Waals surface area (Å²) in [6.07, 6.45) is 3.22. The SMILES string of the molecule is CCC[C@@H](C)NC(=O)[C@@H]1CCCN(S(=O)(=O)c2cc(Cl)ccc2OC)C1. The van der Waals surface area contributed by atoms with E-state index in [1.54, 1.807) is 6.07 Å². The highest BCUT2D eigenvalue weighted by molar-refractivity contribution is 7.89.